The number of sulfonamides is 1. The van der Waals surface area contributed by atoms with E-state index < -0.39 is 22.5 Å². The molecular weight excluding hydrogens is 483 g/mol. The Balaban J connectivity index is 1.75. The van der Waals surface area contributed by atoms with Crippen molar-refractivity contribution in [2.24, 2.45) is 5.10 Å². The minimum Gasteiger partial charge on any atom is -0.318 e. The molecule has 7 nitrogen and oxygen atoms in total. The fraction of sp³-hybridized carbons (Fsp3) is 0.217. The quantitative estimate of drug-likeness (QED) is 0.374. The van der Waals surface area contributed by atoms with Crippen molar-refractivity contribution in [2.45, 2.75) is 20.8 Å². The normalized spacial score (nSPS) is 11.7. The van der Waals surface area contributed by atoms with Gasteiger partial charge in [0.15, 0.2) is 0 Å². The van der Waals surface area contributed by atoms with Crippen LogP contribution in [-0.2, 0) is 14.8 Å². The van der Waals surface area contributed by atoms with Crippen molar-refractivity contribution >= 4 is 51.0 Å². The Morgan fingerprint density at radius 1 is 1.06 bits per heavy atom. The zero-order valence-electron chi connectivity index (χ0n) is 18.6. The lowest BCUT2D eigenvalue weighted by atomic mass is 10.2. The van der Waals surface area contributed by atoms with Gasteiger partial charge in [0, 0.05) is 32.7 Å². The Morgan fingerprint density at radius 2 is 1.67 bits per heavy atom. The molecule has 0 saturated heterocycles. The van der Waals surface area contributed by atoms with Crippen LogP contribution in [0.5, 0.6) is 0 Å². The van der Waals surface area contributed by atoms with Crippen LogP contribution in [0.1, 0.15) is 22.5 Å². The predicted octanol–water partition coefficient (Wildman–Crippen LogP) is 4.63. The fourth-order valence-corrected chi connectivity index (χ4v) is 4.79. The number of rotatable bonds is 7. The number of carbonyl (C=O) groups excluding carboxylic acids is 1. The molecule has 0 saturated carbocycles. The maximum absolute atomic E-state index is 12.4. The van der Waals surface area contributed by atoms with Gasteiger partial charge in [-0.05, 0) is 57.2 Å². The van der Waals surface area contributed by atoms with Gasteiger partial charge in [0.05, 0.1) is 18.2 Å². The molecular formula is C23H24Cl2N4O3S. The van der Waals surface area contributed by atoms with Crippen LogP contribution in [0.25, 0.3) is 5.69 Å². The number of nitrogens with zero attached hydrogens (tertiary/aromatic N) is 3. The molecule has 33 heavy (non-hydrogen) atoms. The molecule has 1 heterocycles. The third-order valence-corrected chi connectivity index (χ3v) is 6.56. The van der Waals surface area contributed by atoms with Gasteiger partial charge in [0.1, 0.15) is 6.54 Å². The number of amides is 1. The molecule has 0 spiro atoms. The summed E-state index contributed by atoms with van der Waals surface area (Å²) in [6.07, 6.45) is 2.53. The number of hydrogen-bond donors (Lipinski definition) is 1. The van der Waals surface area contributed by atoms with Gasteiger partial charge in [-0.25, -0.2) is 13.8 Å². The van der Waals surface area contributed by atoms with E-state index in [9.17, 15) is 13.2 Å². The van der Waals surface area contributed by atoms with Crippen LogP contribution < -0.4 is 9.73 Å². The summed E-state index contributed by atoms with van der Waals surface area (Å²) in [7, 11) is -3.77. The van der Waals surface area contributed by atoms with Crippen LogP contribution >= 0.6 is 23.2 Å². The first-order chi connectivity index (χ1) is 15.5. The van der Waals surface area contributed by atoms with Crippen molar-refractivity contribution in [1.82, 2.24) is 9.99 Å². The SMILES string of the molecule is Cc1ccc(-n2c(C)cc(/C=N\NC(=O)CN(c3cc(Cl)cc(Cl)c3)S(C)(=O)=O)c2C)cc1. The molecule has 174 valence electrons. The van der Waals surface area contributed by atoms with Crippen molar-refractivity contribution in [2.75, 3.05) is 17.1 Å². The largest absolute Gasteiger partial charge is 0.318 e. The minimum absolute atomic E-state index is 0.191. The molecule has 0 fully saturated rings. The van der Waals surface area contributed by atoms with Crippen molar-refractivity contribution < 1.29 is 13.2 Å². The number of halogens is 2. The molecule has 2 aromatic carbocycles. The fourth-order valence-electron chi connectivity index (χ4n) is 3.43. The molecule has 0 aliphatic carbocycles. The van der Waals surface area contributed by atoms with Gasteiger partial charge in [0.25, 0.3) is 5.91 Å². The number of carbonyl (C=O) groups is 1. The summed E-state index contributed by atoms with van der Waals surface area (Å²) in [4.78, 5) is 12.4. The second-order valence-electron chi connectivity index (χ2n) is 7.69. The molecule has 0 bridgehead atoms. The second kappa shape index (κ2) is 9.99. The first-order valence-electron chi connectivity index (χ1n) is 9.97. The van der Waals surface area contributed by atoms with Gasteiger partial charge in [-0.2, -0.15) is 5.10 Å². The number of aryl methyl sites for hydroxylation is 2. The number of hydrogen-bond acceptors (Lipinski definition) is 4. The first kappa shape index (κ1) is 24.8. The highest BCUT2D eigenvalue weighted by Gasteiger charge is 2.21. The van der Waals surface area contributed by atoms with Gasteiger partial charge >= 0.3 is 0 Å². The summed E-state index contributed by atoms with van der Waals surface area (Å²) in [5.41, 5.74) is 7.59. The summed E-state index contributed by atoms with van der Waals surface area (Å²) < 4.78 is 27.5. The molecule has 0 radical (unpaired) electrons. The monoisotopic (exact) mass is 506 g/mol. The molecule has 1 aromatic heterocycles. The van der Waals surface area contributed by atoms with E-state index in [-0.39, 0.29) is 15.7 Å². The number of hydrazone groups is 1. The number of benzene rings is 2. The molecule has 1 amide bonds. The van der Waals surface area contributed by atoms with E-state index in [2.05, 4.69) is 15.1 Å². The Kier molecular flexibility index (Phi) is 7.51. The van der Waals surface area contributed by atoms with Gasteiger partial charge < -0.3 is 4.57 Å². The molecule has 0 atom stereocenters. The maximum Gasteiger partial charge on any atom is 0.260 e. The molecule has 0 aliphatic heterocycles. The van der Waals surface area contributed by atoms with Crippen LogP contribution in [0.4, 0.5) is 5.69 Å². The van der Waals surface area contributed by atoms with Crippen LogP contribution in [0.15, 0.2) is 53.6 Å². The number of anilines is 1. The highest BCUT2D eigenvalue weighted by atomic mass is 35.5. The summed E-state index contributed by atoms with van der Waals surface area (Å²) >= 11 is 12.0. The summed E-state index contributed by atoms with van der Waals surface area (Å²) in [6, 6.07) is 14.5. The molecule has 0 unspecified atom stereocenters. The zero-order valence-corrected chi connectivity index (χ0v) is 21.0. The van der Waals surface area contributed by atoms with E-state index in [1.165, 1.54) is 30.0 Å². The van der Waals surface area contributed by atoms with Gasteiger partial charge in [0.2, 0.25) is 10.0 Å². The molecule has 10 heteroatoms. The molecule has 0 aliphatic rings. The Hall–Kier alpha value is -2.81. The van der Waals surface area contributed by atoms with Crippen LogP contribution in [0.2, 0.25) is 10.0 Å². The standard InChI is InChI=1S/C23H24Cl2N4O3S/c1-15-5-7-21(8-6-15)29-16(2)9-18(17(29)3)13-26-27-23(30)14-28(33(4,31)32)22-11-19(24)10-20(25)12-22/h5-13H,14H2,1-4H3,(H,27,30)/b26-13-. The average Bonchev–Trinajstić information content (AvgIpc) is 2.98. The van der Waals surface area contributed by atoms with Crippen LogP contribution in [-0.4, -0.2) is 37.9 Å². The van der Waals surface area contributed by atoms with Gasteiger partial charge in [-0.1, -0.05) is 40.9 Å². The predicted molar refractivity (Wildman–Crippen MR) is 134 cm³/mol. The lowest BCUT2D eigenvalue weighted by Crippen LogP contribution is -2.39. The van der Waals surface area contributed by atoms with E-state index in [0.29, 0.717) is 0 Å². The van der Waals surface area contributed by atoms with E-state index in [4.69, 9.17) is 23.2 Å². The zero-order chi connectivity index (χ0) is 24.3. The van der Waals surface area contributed by atoms with E-state index in [1.54, 1.807) is 0 Å². The van der Waals surface area contributed by atoms with Crippen molar-refractivity contribution in [1.29, 1.82) is 0 Å². The van der Waals surface area contributed by atoms with E-state index >= 15 is 0 Å². The molecule has 1 N–H and O–H groups in total. The van der Waals surface area contributed by atoms with Crippen LogP contribution in [0.3, 0.4) is 0 Å². The maximum atomic E-state index is 12.4. The number of aromatic nitrogens is 1. The third-order valence-electron chi connectivity index (χ3n) is 4.98. The number of nitrogens with one attached hydrogen (secondary N) is 1. The lowest BCUT2D eigenvalue weighted by molar-refractivity contribution is -0.119. The first-order valence-corrected chi connectivity index (χ1v) is 12.6. The second-order valence-corrected chi connectivity index (χ2v) is 10.5. The molecule has 3 rings (SSSR count). The highest BCUT2D eigenvalue weighted by molar-refractivity contribution is 7.92. The van der Waals surface area contributed by atoms with Crippen LogP contribution in [0, 0.1) is 20.8 Å². The third kappa shape index (κ3) is 6.16. The van der Waals surface area contributed by atoms with Crippen molar-refractivity contribution in [3.05, 3.63) is 81.1 Å². The Bertz CT molecular complexity index is 1300. The molecule has 3 aromatic rings. The summed E-state index contributed by atoms with van der Waals surface area (Å²) in [6.45, 7) is 5.51. The lowest BCUT2D eigenvalue weighted by Gasteiger charge is -2.21. The Morgan fingerprint density at radius 3 is 2.24 bits per heavy atom. The average molecular weight is 507 g/mol. The topological polar surface area (TPSA) is 83.8 Å². The van der Waals surface area contributed by atoms with E-state index in [0.717, 1.165) is 33.2 Å². The van der Waals surface area contributed by atoms with Crippen molar-refractivity contribution in [3.63, 3.8) is 0 Å². The van der Waals surface area contributed by atoms with E-state index in [1.807, 2.05) is 51.1 Å². The summed E-state index contributed by atoms with van der Waals surface area (Å²) in [5.74, 6) is -0.611. The minimum atomic E-state index is -3.77. The van der Waals surface area contributed by atoms with Gasteiger partial charge in [-0.3, -0.25) is 9.10 Å². The smallest absolute Gasteiger partial charge is 0.260 e. The highest BCUT2D eigenvalue weighted by Crippen LogP contribution is 2.27. The van der Waals surface area contributed by atoms with Crippen molar-refractivity contribution in [3.8, 4) is 5.69 Å². The Labute approximate surface area is 203 Å². The summed E-state index contributed by atoms with van der Waals surface area (Å²) in [5, 5.41) is 4.53. The van der Waals surface area contributed by atoms with Gasteiger partial charge in [-0.15, -0.1) is 0 Å².